The first-order valence-corrected chi connectivity index (χ1v) is 11.6. The van der Waals surface area contributed by atoms with Crippen molar-refractivity contribution in [1.82, 2.24) is 0 Å². The van der Waals surface area contributed by atoms with Crippen molar-refractivity contribution in [3.63, 3.8) is 0 Å². The molecule has 1 aliphatic rings. The van der Waals surface area contributed by atoms with E-state index in [2.05, 4.69) is 4.74 Å². The minimum absolute atomic E-state index is 0.0821. The Bertz CT molecular complexity index is 1240. The number of benzene rings is 3. The molecule has 198 valence electrons. The quantitative estimate of drug-likeness (QED) is 0.225. The van der Waals surface area contributed by atoms with E-state index in [1.54, 1.807) is 0 Å². The molecule has 37 heavy (non-hydrogen) atoms. The SMILES string of the molecule is CCCC1CCC(c2cc(F)c(C(F)(F)Oc3ccc(-c4cc(F)c(F)c(F)c4)c(F)c3)c(F)c2)OC1. The Morgan fingerprint density at radius 1 is 0.838 bits per heavy atom. The molecule has 1 aliphatic heterocycles. The molecular weight excluding hydrogens is 508 g/mol. The minimum Gasteiger partial charge on any atom is -0.429 e. The lowest BCUT2D eigenvalue weighted by Gasteiger charge is -2.29. The fraction of sp³-hybridized carbons (Fsp3) is 0.333. The van der Waals surface area contributed by atoms with Crippen LogP contribution in [0.3, 0.4) is 0 Å². The molecule has 0 saturated carbocycles. The molecule has 0 aromatic heterocycles. The molecule has 0 aliphatic carbocycles. The lowest BCUT2D eigenvalue weighted by atomic mass is 9.91. The number of ether oxygens (including phenoxy) is 2. The summed E-state index contributed by atoms with van der Waals surface area (Å²) >= 11 is 0. The van der Waals surface area contributed by atoms with Gasteiger partial charge in [-0.3, -0.25) is 0 Å². The van der Waals surface area contributed by atoms with Crippen LogP contribution in [-0.4, -0.2) is 6.61 Å². The molecule has 2 nitrogen and oxygen atoms in total. The van der Waals surface area contributed by atoms with Gasteiger partial charge in [0.1, 0.15) is 28.8 Å². The molecule has 4 rings (SSSR count). The first kappa shape index (κ1) is 26.9. The summed E-state index contributed by atoms with van der Waals surface area (Å²) in [6.45, 7) is 2.44. The molecule has 1 saturated heterocycles. The number of hydrogen-bond acceptors (Lipinski definition) is 2. The van der Waals surface area contributed by atoms with E-state index in [0.29, 0.717) is 37.1 Å². The van der Waals surface area contributed by atoms with Gasteiger partial charge in [0, 0.05) is 11.6 Å². The molecular formula is C27H22F8O2. The van der Waals surface area contributed by atoms with Crippen LogP contribution < -0.4 is 4.74 Å². The fourth-order valence-corrected chi connectivity index (χ4v) is 4.46. The molecule has 2 unspecified atom stereocenters. The van der Waals surface area contributed by atoms with Crippen molar-refractivity contribution in [3.05, 3.63) is 88.5 Å². The molecule has 0 N–H and O–H groups in total. The maximum atomic E-state index is 14.8. The highest BCUT2D eigenvalue weighted by atomic mass is 19.3. The van der Waals surface area contributed by atoms with Crippen LogP contribution in [0.15, 0.2) is 42.5 Å². The van der Waals surface area contributed by atoms with Crippen LogP contribution in [-0.2, 0) is 10.8 Å². The zero-order valence-electron chi connectivity index (χ0n) is 19.6. The normalized spacial score (nSPS) is 18.2. The average molecular weight is 530 g/mol. The maximum absolute atomic E-state index is 14.8. The third-order valence-corrected chi connectivity index (χ3v) is 6.28. The summed E-state index contributed by atoms with van der Waals surface area (Å²) in [5.74, 6) is -9.75. The molecule has 2 atom stereocenters. The summed E-state index contributed by atoms with van der Waals surface area (Å²) in [7, 11) is 0. The van der Waals surface area contributed by atoms with Crippen LogP contribution >= 0.6 is 0 Å². The van der Waals surface area contributed by atoms with Gasteiger partial charge in [-0.25, -0.2) is 26.3 Å². The van der Waals surface area contributed by atoms with Gasteiger partial charge >= 0.3 is 6.11 Å². The van der Waals surface area contributed by atoms with Gasteiger partial charge in [0.25, 0.3) is 0 Å². The third-order valence-electron chi connectivity index (χ3n) is 6.28. The van der Waals surface area contributed by atoms with Crippen molar-refractivity contribution in [2.75, 3.05) is 6.61 Å². The highest BCUT2D eigenvalue weighted by Crippen LogP contribution is 2.39. The maximum Gasteiger partial charge on any atom is 0.432 e. The van der Waals surface area contributed by atoms with Crippen LogP contribution in [0.4, 0.5) is 35.1 Å². The summed E-state index contributed by atoms with van der Waals surface area (Å²) in [5, 5.41) is 0. The number of hydrogen-bond donors (Lipinski definition) is 0. The van der Waals surface area contributed by atoms with E-state index in [1.165, 1.54) is 0 Å². The van der Waals surface area contributed by atoms with E-state index in [9.17, 15) is 35.1 Å². The average Bonchev–Trinajstić information content (AvgIpc) is 2.82. The molecule has 0 bridgehead atoms. The Kier molecular flexibility index (Phi) is 7.77. The first-order chi connectivity index (χ1) is 17.5. The van der Waals surface area contributed by atoms with Crippen LogP contribution in [0.5, 0.6) is 5.75 Å². The first-order valence-electron chi connectivity index (χ1n) is 11.6. The monoisotopic (exact) mass is 530 g/mol. The van der Waals surface area contributed by atoms with Gasteiger partial charge in [-0.2, -0.15) is 8.78 Å². The molecule has 3 aromatic rings. The van der Waals surface area contributed by atoms with Crippen molar-refractivity contribution < 1.29 is 44.6 Å². The Labute approximate surface area is 207 Å². The van der Waals surface area contributed by atoms with Gasteiger partial charge in [-0.05, 0) is 72.7 Å². The Balaban J connectivity index is 1.54. The largest absolute Gasteiger partial charge is 0.432 e. The highest BCUT2D eigenvalue weighted by Gasteiger charge is 2.42. The second-order valence-corrected chi connectivity index (χ2v) is 8.93. The van der Waals surface area contributed by atoms with Crippen molar-refractivity contribution in [2.24, 2.45) is 5.92 Å². The lowest BCUT2D eigenvalue weighted by Crippen LogP contribution is -2.26. The summed E-state index contributed by atoms with van der Waals surface area (Å²) in [6, 6.07) is 4.71. The molecule has 0 amide bonds. The predicted octanol–water partition coefficient (Wildman–Crippen LogP) is 8.58. The van der Waals surface area contributed by atoms with Crippen LogP contribution in [0, 0.1) is 40.8 Å². The number of rotatable bonds is 7. The van der Waals surface area contributed by atoms with Gasteiger partial charge in [0.2, 0.25) is 0 Å². The van der Waals surface area contributed by atoms with Crippen LogP contribution in [0.1, 0.15) is 49.8 Å². The van der Waals surface area contributed by atoms with E-state index >= 15 is 0 Å². The zero-order chi connectivity index (χ0) is 26.9. The number of halogens is 8. The Morgan fingerprint density at radius 2 is 1.49 bits per heavy atom. The van der Waals surface area contributed by atoms with E-state index in [4.69, 9.17) is 4.74 Å². The Morgan fingerprint density at radius 3 is 2.03 bits per heavy atom. The van der Waals surface area contributed by atoms with Gasteiger partial charge in [-0.1, -0.05) is 13.3 Å². The van der Waals surface area contributed by atoms with Gasteiger partial charge in [-0.15, -0.1) is 0 Å². The molecule has 1 heterocycles. The summed E-state index contributed by atoms with van der Waals surface area (Å²) in [6.07, 6.45) is -1.97. The van der Waals surface area contributed by atoms with Crippen LogP contribution in [0.25, 0.3) is 11.1 Å². The third kappa shape index (κ3) is 5.74. The predicted molar refractivity (Wildman–Crippen MR) is 119 cm³/mol. The Hall–Kier alpha value is -3.14. The van der Waals surface area contributed by atoms with Gasteiger partial charge in [0.05, 0.1) is 12.7 Å². The smallest absolute Gasteiger partial charge is 0.429 e. The van der Waals surface area contributed by atoms with E-state index in [1.807, 2.05) is 6.92 Å². The van der Waals surface area contributed by atoms with Crippen LogP contribution in [0.2, 0.25) is 0 Å². The molecule has 0 radical (unpaired) electrons. The van der Waals surface area contributed by atoms with E-state index in [0.717, 1.165) is 43.5 Å². The topological polar surface area (TPSA) is 18.5 Å². The molecule has 3 aromatic carbocycles. The zero-order valence-corrected chi connectivity index (χ0v) is 19.6. The molecule has 0 spiro atoms. The summed E-state index contributed by atoms with van der Waals surface area (Å²) < 4.78 is 124. The standard InChI is InChI=1S/C27H22F8O2/c1-2-3-14-4-7-24(36-13-14)16-10-20(29)25(21(30)11-16)27(34,35)37-17-5-6-18(19(28)12-17)15-8-22(31)26(33)23(32)9-15/h5-6,8-12,14,24H,2-4,7,13H2,1H3. The lowest BCUT2D eigenvalue weighted by molar-refractivity contribution is -0.189. The highest BCUT2D eigenvalue weighted by molar-refractivity contribution is 5.65. The fourth-order valence-electron chi connectivity index (χ4n) is 4.46. The van der Waals surface area contributed by atoms with E-state index < -0.39 is 69.6 Å². The van der Waals surface area contributed by atoms with Crippen molar-refractivity contribution in [2.45, 2.75) is 44.8 Å². The number of alkyl halides is 2. The van der Waals surface area contributed by atoms with Crippen molar-refractivity contribution >= 4 is 0 Å². The molecule has 10 heteroatoms. The molecule has 1 fully saturated rings. The van der Waals surface area contributed by atoms with Gasteiger partial charge in [0.15, 0.2) is 17.5 Å². The minimum atomic E-state index is -4.53. The summed E-state index contributed by atoms with van der Waals surface area (Å²) in [5.41, 5.74) is -2.42. The van der Waals surface area contributed by atoms with Crippen molar-refractivity contribution in [1.29, 1.82) is 0 Å². The van der Waals surface area contributed by atoms with Gasteiger partial charge < -0.3 is 9.47 Å². The second kappa shape index (κ2) is 10.7. The van der Waals surface area contributed by atoms with E-state index in [-0.39, 0.29) is 5.56 Å². The summed E-state index contributed by atoms with van der Waals surface area (Å²) in [4.78, 5) is 0. The van der Waals surface area contributed by atoms with Crippen molar-refractivity contribution in [3.8, 4) is 16.9 Å². The second-order valence-electron chi connectivity index (χ2n) is 8.93.